The van der Waals surface area contributed by atoms with Crippen LogP contribution in [0, 0.1) is 6.92 Å². The van der Waals surface area contributed by atoms with E-state index in [0.29, 0.717) is 30.2 Å². The zero-order valence-electron chi connectivity index (χ0n) is 9.74. The summed E-state index contributed by atoms with van der Waals surface area (Å²) < 4.78 is 3.97. The van der Waals surface area contributed by atoms with Crippen molar-refractivity contribution in [2.24, 2.45) is 0 Å². The number of anilines is 1. The third-order valence-corrected chi connectivity index (χ3v) is 2.98. The molecule has 94 valence electrons. The van der Waals surface area contributed by atoms with Gasteiger partial charge in [0.1, 0.15) is 10.6 Å². The molecule has 17 heavy (non-hydrogen) atoms. The lowest BCUT2D eigenvalue weighted by molar-refractivity contribution is -0.120. The molecule has 1 heterocycles. The molecule has 0 spiro atoms. The van der Waals surface area contributed by atoms with Crippen molar-refractivity contribution in [3.63, 3.8) is 0 Å². The van der Waals surface area contributed by atoms with E-state index in [1.165, 1.54) is 0 Å². The Bertz CT molecular complexity index is 417. The van der Waals surface area contributed by atoms with E-state index in [1.807, 2.05) is 6.92 Å². The van der Waals surface area contributed by atoms with Crippen LogP contribution in [0.1, 0.15) is 29.4 Å². The Morgan fingerprint density at radius 2 is 2.18 bits per heavy atom. The average molecular weight is 257 g/mol. The first-order valence-corrected chi connectivity index (χ1v) is 6.03. The summed E-state index contributed by atoms with van der Waals surface area (Å²) in [4.78, 5) is 22.1. The second kappa shape index (κ2) is 6.19. The lowest BCUT2D eigenvalue weighted by Gasteiger charge is -2.04. The Morgan fingerprint density at radius 1 is 1.47 bits per heavy atom. The first kappa shape index (κ1) is 13.4. The molecule has 7 heteroatoms. The molecule has 0 saturated carbocycles. The van der Waals surface area contributed by atoms with Crippen LogP contribution in [0.4, 0.5) is 5.00 Å². The van der Waals surface area contributed by atoms with Gasteiger partial charge >= 0.3 is 5.97 Å². The van der Waals surface area contributed by atoms with E-state index in [4.69, 9.17) is 5.11 Å². The Hall–Kier alpha value is -1.63. The van der Waals surface area contributed by atoms with Crippen LogP contribution in [0.15, 0.2) is 0 Å². The van der Waals surface area contributed by atoms with Crippen molar-refractivity contribution in [3.8, 4) is 0 Å². The largest absolute Gasteiger partial charge is 0.478 e. The predicted octanol–water partition coefficient (Wildman–Crippen LogP) is 1.09. The molecule has 0 atom stereocenters. The van der Waals surface area contributed by atoms with E-state index in [1.54, 1.807) is 6.92 Å². The number of hydrogen-bond donors (Lipinski definition) is 3. The highest BCUT2D eigenvalue weighted by Crippen LogP contribution is 2.24. The zero-order chi connectivity index (χ0) is 12.8. The number of carbonyl (C=O) groups excluding carboxylic acids is 1. The van der Waals surface area contributed by atoms with Crippen molar-refractivity contribution < 1.29 is 14.7 Å². The van der Waals surface area contributed by atoms with Gasteiger partial charge in [-0.3, -0.25) is 4.79 Å². The van der Waals surface area contributed by atoms with Crippen LogP contribution in [0.2, 0.25) is 0 Å². The molecule has 0 aliphatic carbocycles. The number of rotatable bonds is 6. The van der Waals surface area contributed by atoms with E-state index in [0.717, 1.165) is 11.5 Å². The van der Waals surface area contributed by atoms with Crippen LogP contribution >= 0.6 is 11.5 Å². The maximum Gasteiger partial charge on any atom is 0.340 e. The highest BCUT2D eigenvalue weighted by Gasteiger charge is 2.17. The topological polar surface area (TPSA) is 91.3 Å². The van der Waals surface area contributed by atoms with E-state index in [2.05, 4.69) is 15.0 Å². The normalized spacial score (nSPS) is 10.0. The second-order valence-electron chi connectivity index (χ2n) is 3.41. The Kier molecular flexibility index (Phi) is 4.89. The summed E-state index contributed by atoms with van der Waals surface area (Å²) >= 11 is 1.10. The Morgan fingerprint density at radius 3 is 2.76 bits per heavy atom. The fraction of sp³-hybridized carbons (Fsp3) is 0.500. The number of hydrogen-bond acceptors (Lipinski definition) is 5. The molecule has 0 unspecified atom stereocenters. The van der Waals surface area contributed by atoms with Gasteiger partial charge < -0.3 is 15.7 Å². The molecule has 1 aromatic heterocycles. The van der Waals surface area contributed by atoms with Gasteiger partial charge in [-0.05, 0) is 25.4 Å². The molecule has 0 aliphatic heterocycles. The Balaban J connectivity index is 2.52. The van der Waals surface area contributed by atoms with Gasteiger partial charge in [0.05, 0.1) is 5.69 Å². The third-order valence-electron chi connectivity index (χ3n) is 2.09. The molecular weight excluding hydrogens is 242 g/mol. The molecule has 0 saturated heterocycles. The molecule has 0 aromatic carbocycles. The summed E-state index contributed by atoms with van der Waals surface area (Å²) in [6.07, 6.45) is 0.309. The summed E-state index contributed by atoms with van der Waals surface area (Å²) in [6, 6.07) is 0. The minimum atomic E-state index is -1.00. The van der Waals surface area contributed by atoms with Gasteiger partial charge in [0, 0.05) is 19.5 Å². The number of carboxylic acids is 1. The number of aryl methyl sites for hydroxylation is 1. The summed E-state index contributed by atoms with van der Waals surface area (Å²) in [5, 5.41) is 15.1. The molecule has 6 nitrogen and oxygen atoms in total. The molecule has 0 fully saturated rings. The lowest BCUT2D eigenvalue weighted by atomic mass is 10.2. The van der Waals surface area contributed by atoms with Crippen molar-refractivity contribution >= 4 is 28.4 Å². The second-order valence-corrected chi connectivity index (χ2v) is 4.18. The van der Waals surface area contributed by atoms with Gasteiger partial charge in [0.25, 0.3) is 0 Å². The van der Waals surface area contributed by atoms with Crippen molar-refractivity contribution in [1.29, 1.82) is 0 Å². The molecule has 1 rings (SSSR count). The average Bonchev–Trinajstić information content (AvgIpc) is 2.60. The minimum Gasteiger partial charge on any atom is -0.478 e. The fourth-order valence-corrected chi connectivity index (χ4v) is 2.13. The fourth-order valence-electron chi connectivity index (χ4n) is 1.32. The third kappa shape index (κ3) is 3.70. The number of nitrogens with one attached hydrogen (secondary N) is 2. The molecular formula is C10H15N3O3S. The van der Waals surface area contributed by atoms with Crippen LogP contribution < -0.4 is 10.6 Å². The van der Waals surface area contributed by atoms with Crippen LogP contribution in [0.5, 0.6) is 0 Å². The van der Waals surface area contributed by atoms with E-state index in [-0.39, 0.29) is 11.5 Å². The smallest absolute Gasteiger partial charge is 0.340 e. The van der Waals surface area contributed by atoms with Gasteiger partial charge in [-0.25, -0.2) is 4.79 Å². The van der Waals surface area contributed by atoms with Crippen molar-refractivity contribution in [1.82, 2.24) is 9.69 Å². The lowest BCUT2D eigenvalue weighted by Crippen LogP contribution is -2.24. The maximum absolute atomic E-state index is 11.2. The molecule has 0 radical (unpaired) electrons. The van der Waals surface area contributed by atoms with Gasteiger partial charge in [-0.15, -0.1) is 0 Å². The van der Waals surface area contributed by atoms with Crippen LogP contribution in [0.25, 0.3) is 0 Å². The van der Waals surface area contributed by atoms with Crippen molar-refractivity contribution in [3.05, 3.63) is 11.3 Å². The SMILES string of the molecule is CCNC(=O)CCNc1snc(C)c1C(=O)O. The quantitative estimate of drug-likeness (QED) is 0.709. The number of aromatic carboxylic acids is 1. The highest BCUT2D eigenvalue weighted by atomic mass is 32.1. The number of carboxylic acid groups (broad SMARTS) is 1. The van der Waals surface area contributed by atoms with Crippen LogP contribution in [0.3, 0.4) is 0 Å². The van der Waals surface area contributed by atoms with Crippen molar-refractivity contribution in [2.75, 3.05) is 18.4 Å². The van der Waals surface area contributed by atoms with E-state index >= 15 is 0 Å². The van der Waals surface area contributed by atoms with Crippen LogP contribution in [-0.2, 0) is 4.79 Å². The number of carbonyl (C=O) groups is 2. The molecule has 1 aromatic rings. The summed E-state index contributed by atoms with van der Waals surface area (Å²) in [5.74, 6) is -1.06. The first-order chi connectivity index (χ1) is 8.06. The van der Waals surface area contributed by atoms with Gasteiger partial charge in [0.15, 0.2) is 0 Å². The van der Waals surface area contributed by atoms with E-state index in [9.17, 15) is 9.59 Å². The summed E-state index contributed by atoms with van der Waals surface area (Å²) in [7, 11) is 0. The van der Waals surface area contributed by atoms with Gasteiger partial charge in [-0.1, -0.05) is 0 Å². The molecule has 0 aliphatic rings. The molecule has 0 bridgehead atoms. The number of amides is 1. The van der Waals surface area contributed by atoms with E-state index < -0.39 is 5.97 Å². The van der Waals surface area contributed by atoms with Crippen molar-refractivity contribution in [2.45, 2.75) is 20.3 Å². The maximum atomic E-state index is 11.2. The van der Waals surface area contributed by atoms with Gasteiger partial charge in [0.2, 0.25) is 5.91 Å². The molecule has 3 N–H and O–H groups in total. The summed E-state index contributed by atoms with van der Waals surface area (Å²) in [5.41, 5.74) is 0.675. The zero-order valence-corrected chi connectivity index (χ0v) is 10.6. The predicted molar refractivity (Wildman–Crippen MR) is 65.6 cm³/mol. The monoisotopic (exact) mass is 257 g/mol. The number of aromatic nitrogens is 1. The standard InChI is InChI=1S/C10H15N3O3S/c1-3-11-7(14)4-5-12-9-8(10(15)16)6(2)13-17-9/h12H,3-5H2,1-2H3,(H,11,14)(H,15,16). The summed E-state index contributed by atoms with van der Waals surface area (Å²) in [6.45, 7) is 4.49. The highest BCUT2D eigenvalue weighted by molar-refractivity contribution is 7.10. The minimum absolute atomic E-state index is 0.0573. The first-order valence-electron chi connectivity index (χ1n) is 5.26. The Labute approximate surface area is 103 Å². The number of nitrogens with zero attached hydrogens (tertiary/aromatic N) is 1. The molecule has 1 amide bonds. The van der Waals surface area contributed by atoms with Gasteiger partial charge in [-0.2, -0.15) is 4.37 Å². The van der Waals surface area contributed by atoms with Crippen LogP contribution in [-0.4, -0.2) is 34.4 Å².